The second-order valence-corrected chi connectivity index (χ2v) is 7.80. The fourth-order valence-electron chi connectivity index (χ4n) is 2.83. The van der Waals surface area contributed by atoms with Crippen molar-refractivity contribution < 1.29 is 17.9 Å². The fraction of sp³-hybridized carbons (Fsp3) is 0.500. The Hall–Kier alpha value is -2.13. The fourth-order valence-corrected chi connectivity index (χ4v) is 4.05. The molecular weight excluding hydrogens is 344 g/mol. The Morgan fingerprint density at radius 2 is 1.80 bits per heavy atom. The molecule has 0 amide bonds. The lowest BCUT2D eigenvalue weighted by Crippen LogP contribution is -2.26. The van der Waals surface area contributed by atoms with Gasteiger partial charge in [-0.15, -0.1) is 10.2 Å². The van der Waals surface area contributed by atoms with E-state index in [1.54, 1.807) is 13.0 Å². The SMILES string of the molecule is COc1cc(C)c(S(=O)(=O)NCc2nnc(C)n2C2CC2)cc1OC. The van der Waals surface area contributed by atoms with Crippen molar-refractivity contribution in [2.45, 2.75) is 44.2 Å². The number of aryl methyl sites for hydroxylation is 2. The van der Waals surface area contributed by atoms with Gasteiger partial charge in [0.25, 0.3) is 0 Å². The van der Waals surface area contributed by atoms with Crippen molar-refractivity contribution in [3.05, 3.63) is 29.3 Å². The van der Waals surface area contributed by atoms with Gasteiger partial charge in [0.1, 0.15) is 11.6 Å². The van der Waals surface area contributed by atoms with E-state index in [1.807, 2.05) is 11.5 Å². The van der Waals surface area contributed by atoms with Crippen LogP contribution in [0.5, 0.6) is 11.5 Å². The molecule has 8 nitrogen and oxygen atoms in total. The summed E-state index contributed by atoms with van der Waals surface area (Å²) in [4.78, 5) is 0.152. The van der Waals surface area contributed by atoms with E-state index in [1.165, 1.54) is 20.3 Å². The predicted octanol–water partition coefficient (Wildman–Crippen LogP) is 1.73. The van der Waals surface area contributed by atoms with Gasteiger partial charge in [-0.05, 0) is 38.3 Å². The highest BCUT2D eigenvalue weighted by Crippen LogP contribution is 2.36. The van der Waals surface area contributed by atoms with Crippen molar-refractivity contribution in [2.75, 3.05) is 14.2 Å². The number of hydrogen-bond donors (Lipinski definition) is 1. The lowest BCUT2D eigenvalue weighted by molar-refractivity contribution is 0.353. The predicted molar refractivity (Wildman–Crippen MR) is 91.3 cm³/mol. The number of hydrogen-bond acceptors (Lipinski definition) is 6. The van der Waals surface area contributed by atoms with Crippen LogP contribution in [0.1, 0.15) is 36.1 Å². The first-order valence-corrected chi connectivity index (χ1v) is 9.48. The van der Waals surface area contributed by atoms with Gasteiger partial charge in [-0.3, -0.25) is 0 Å². The van der Waals surface area contributed by atoms with Gasteiger partial charge in [-0.25, -0.2) is 13.1 Å². The van der Waals surface area contributed by atoms with Crippen LogP contribution >= 0.6 is 0 Å². The van der Waals surface area contributed by atoms with E-state index in [2.05, 4.69) is 14.9 Å². The Morgan fingerprint density at radius 1 is 1.16 bits per heavy atom. The first-order valence-electron chi connectivity index (χ1n) is 8.00. The van der Waals surface area contributed by atoms with Crippen LogP contribution in [0.25, 0.3) is 0 Å². The van der Waals surface area contributed by atoms with E-state index in [0.29, 0.717) is 28.9 Å². The van der Waals surface area contributed by atoms with Crippen molar-refractivity contribution in [1.82, 2.24) is 19.5 Å². The lowest BCUT2D eigenvalue weighted by Gasteiger charge is -2.14. The van der Waals surface area contributed by atoms with E-state index < -0.39 is 10.0 Å². The molecule has 9 heteroatoms. The number of benzene rings is 1. The zero-order chi connectivity index (χ0) is 18.2. The normalized spacial score (nSPS) is 14.6. The molecule has 0 atom stereocenters. The van der Waals surface area contributed by atoms with Crippen LogP contribution < -0.4 is 14.2 Å². The summed E-state index contributed by atoms with van der Waals surface area (Å²) in [5, 5.41) is 8.16. The van der Waals surface area contributed by atoms with Crippen molar-refractivity contribution >= 4 is 10.0 Å². The van der Waals surface area contributed by atoms with E-state index in [0.717, 1.165) is 18.7 Å². The molecule has 1 aromatic carbocycles. The van der Waals surface area contributed by atoms with Crippen molar-refractivity contribution in [3.8, 4) is 11.5 Å². The van der Waals surface area contributed by atoms with Crippen LogP contribution in [-0.4, -0.2) is 37.4 Å². The van der Waals surface area contributed by atoms with Gasteiger partial charge in [-0.1, -0.05) is 0 Å². The van der Waals surface area contributed by atoms with Gasteiger partial charge in [0, 0.05) is 12.1 Å². The Labute approximate surface area is 147 Å². The molecule has 0 bridgehead atoms. The van der Waals surface area contributed by atoms with E-state index in [4.69, 9.17) is 9.47 Å². The average molecular weight is 366 g/mol. The number of nitrogens with one attached hydrogen (secondary N) is 1. The lowest BCUT2D eigenvalue weighted by atomic mass is 10.2. The molecule has 0 unspecified atom stereocenters. The van der Waals surface area contributed by atoms with E-state index >= 15 is 0 Å². The molecule has 25 heavy (non-hydrogen) atoms. The summed E-state index contributed by atoms with van der Waals surface area (Å²) < 4.78 is 40.5. The largest absolute Gasteiger partial charge is 0.493 e. The van der Waals surface area contributed by atoms with Crippen LogP contribution in [0.4, 0.5) is 0 Å². The molecule has 136 valence electrons. The third-order valence-electron chi connectivity index (χ3n) is 4.24. The molecule has 1 heterocycles. The summed E-state index contributed by atoms with van der Waals surface area (Å²) in [5.74, 6) is 2.29. The zero-order valence-electron chi connectivity index (χ0n) is 14.7. The number of sulfonamides is 1. The van der Waals surface area contributed by atoms with Gasteiger partial charge < -0.3 is 14.0 Å². The standard InChI is InChI=1S/C16H22N4O4S/c1-10-7-13(23-3)14(24-4)8-15(10)25(21,22)17-9-16-19-18-11(2)20(16)12-5-6-12/h7-8,12,17H,5-6,9H2,1-4H3. The summed E-state index contributed by atoms with van der Waals surface area (Å²) in [7, 11) is -0.745. The number of aromatic nitrogens is 3. The molecule has 1 N–H and O–H groups in total. The molecule has 2 aromatic rings. The first-order chi connectivity index (χ1) is 11.9. The van der Waals surface area contributed by atoms with Crippen molar-refractivity contribution in [1.29, 1.82) is 0 Å². The summed E-state index contributed by atoms with van der Waals surface area (Å²) in [6.45, 7) is 3.68. The Balaban J connectivity index is 1.85. The van der Waals surface area contributed by atoms with Gasteiger partial charge in [0.05, 0.1) is 25.7 Å². The monoisotopic (exact) mass is 366 g/mol. The van der Waals surface area contributed by atoms with Gasteiger partial charge in [0.2, 0.25) is 10.0 Å². The molecule has 0 aliphatic heterocycles. The summed E-state index contributed by atoms with van der Waals surface area (Å²) in [6.07, 6.45) is 2.15. The van der Waals surface area contributed by atoms with Gasteiger partial charge in [-0.2, -0.15) is 0 Å². The topological polar surface area (TPSA) is 95.3 Å². The molecule has 1 aromatic heterocycles. The smallest absolute Gasteiger partial charge is 0.241 e. The Kier molecular flexibility index (Phi) is 4.70. The summed E-state index contributed by atoms with van der Waals surface area (Å²) in [5.41, 5.74) is 0.574. The van der Waals surface area contributed by atoms with Gasteiger partial charge >= 0.3 is 0 Å². The van der Waals surface area contributed by atoms with Crippen LogP contribution in [0, 0.1) is 13.8 Å². The molecule has 1 fully saturated rings. The molecular formula is C16H22N4O4S. The summed E-state index contributed by atoms with van der Waals surface area (Å²) >= 11 is 0. The van der Waals surface area contributed by atoms with Crippen LogP contribution in [0.3, 0.4) is 0 Å². The number of methoxy groups -OCH3 is 2. The Morgan fingerprint density at radius 3 is 2.40 bits per heavy atom. The second-order valence-electron chi connectivity index (χ2n) is 6.06. The molecule has 0 spiro atoms. The molecule has 0 saturated heterocycles. The van der Waals surface area contributed by atoms with Gasteiger partial charge in [0.15, 0.2) is 11.5 Å². The second kappa shape index (κ2) is 6.64. The number of nitrogens with zero attached hydrogens (tertiary/aromatic N) is 3. The highest BCUT2D eigenvalue weighted by atomic mass is 32.2. The average Bonchev–Trinajstić information content (AvgIpc) is 3.35. The first kappa shape index (κ1) is 17.7. The summed E-state index contributed by atoms with van der Waals surface area (Å²) in [6, 6.07) is 3.50. The maximum atomic E-state index is 12.7. The quantitative estimate of drug-likeness (QED) is 0.802. The minimum atomic E-state index is -3.73. The third kappa shape index (κ3) is 3.47. The third-order valence-corrected chi connectivity index (χ3v) is 5.78. The maximum Gasteiger partial charge on any atom is 0.241 e. The van der Waals surface area contributed by atoms with Crippen LogP contribution in [-0.2, 0) is 16.6 Å². The van der Waals surface area contributed by atoms with Crippen molar-refractivity contribution in [3.63, 3.8) is 0 Å². The molecule has 1 saturated carbocycles. The highest BCUT2D eigenvalue weighted by molar-refractivity contribution is 7.89. The highest BCUT2D eigenvalue weighted by Gasteiger charge is 2.29. The number of rotatable bonds is 7. The number of ether oxygens (including phenoxy) is 2. The maximum absolute atomic E-state index is 12.7. The molecule has 0 radical (unpaired) electrons. The van der Waals surface area contributed by atoms with E-state index in [-0.39, 0.29) is 11.4 Å². The van der Waals surface area contributed by atoms with Crippen LogP contribution in [0.15, 0.2) is 17.0 Å². The molecule has 1 aliphatic carbocycles. The van der Waals surface area contributed by atoms with E-state index in [9.17, 15) is 8.42 Å². The minimum Gasteiger partial charge on any atom is -0.493 e. The zero-order valence-corrected chi connectivity index (χ0v) is 15.6. The van der Waals surface area contributed by atoms with Crippen LogP contribution in [0.2, 0.25) is 0 Å². The molecule has 3 rings (SSSR count). The van der Waals surface area contributed by atoms with Crippen molar-refractivity contribution in [2.24, 2.45) is 0 Å². The molecule has 1 aliphatic rings. The minimum absolute atomic E-state index is 0.0907. The Bertz CT molecular complexity index is 888.